The fraction of sp³-hybridized carbons (Fsp3) is 0.231. The number of anilines is 2. The molecular weight excluding hydrogens is 369 g/mol. The molecule has 0 bridgehead atoms. The van der Waals surface area contributed by atoms with E-state index in [1.807, 2.05) is 11.4 Å². The first-order valence-corrected chi connectivity index (χ1v) is 7.52. The number of hydrogen-bond acceptors (Lipinski definition) is 4. The number of nitrogens with zero attached hydrogens (tertiary/aromatic N) is 1. The second-order valence-corrected chi connectivity index (χ2v) is 6.63. The quantitative estimate of drug-likeness (QED) is 0.777. The van der Waals surface area contributed by atoms with Crippen LogP contribution in [0.2, 0.25) is 0 Å². The molecule has 3 nitrogen and oxygen atoms in total. The topological polar surface area (TPSA) is 38.5 Å². The fourth-order valence-electron chi connectivity index (χ4n) is 1.86. The SMILES string of the molecule is CN(Cc1csc(Br)c1)c1cc(OC(F)F)c(F)cc1N. The summed E-state index contributed by atoms with van der Waals surface area (Å²) >= 11 is 4.90. The van der Waals surface area contributed by atoms with Crippen LogP contribution in [-0.2, 0) is 6.54 Å². The van der Waals surface area contributed by atoms with Crippen LogP contribution in [0, 0.1) is 5.82 Å². The minimum absolute atomic E-state index is 0.158. The Morgan fingerprint density at radius 3 is 2.67 bits per heavy atom. The number of rotatable bonds is 5. The van der Waals surface area contributed by atoms with Gasteiger partial charge in [0.2, 0.25) is 0 Å². The summed E-state index contributed by atoms with van der Waals surface area (Å²) in [7, 11) is 1.74. The zero-order valence-electron chi connectivity index (χ0n) is 10.9. The highest BCUT2D eigenvalue weighted by Gasteiger charge is 2.16. The molecule has 0 aliphatic rings. The number of nitrogen functional groups attached to an aromatic ring is 1. The van der Waals surface area contributed by atoms with Crippen molar-refractivity contribution >= 4 is 38.6 Å². The van der Waals surface area contributed by atoms with Crippen LogP contribution in [0.4, 0.5) is 24.5 Å². The summed E-state index contributed by atoms with van der Waals surface area (Å²) in [4.78, 5) is 1.74. The van der Waals surface area contributed by atoms with E-state index in [-0.39, 0.29) is 5.69 Å². The lowest BCUT2D eigenvalue weighted by Crippen LogP contribution is -2.18. The molecule has 2 N–H and O–H groups in total. The summed E-state index contributed by atoms with van der Waals surface area (Å²) in [6, 6.07) is 4.10. The lowest BCUT2D eigenvalue weighted by atomic mass is 10.2. The largest absolute Gasteiger partial charge is 0.432 e. The molecule has 1 heterocycles. The van der Waals surface area contributed by atoms with E-state index in [2.05, 4.69) is 20.7 Å². The first-order valence-electron chi connectivity index (χ1n) is 5.84. The highest BCUT2D eigenvalue weighted by molar-refractivity contribution is 9.11. The normalized spacial score (nSPS) is 11.0. The van der Waals surface area contributed by atoms with Crippen molar-refractivity contribution in [3.05, 3.63) is 38.7 Å². The predicted octanol–water partition coefficient (Wildman–Crippen LogP) is 4.47. The van der Waals surface area contributed by atoms with Crippen molar-refractivity contribution < 1.29 is 17.9 Å². The van der Waals surface area contributed by atoms with Crippen LogP contribution < -0.4 is 15.4 Å². The molecule has 0 radical (unpaired) electrons. The fourth-order valence-corrected chi connectivity index (χ4v) is 3.06. The summed E-state index contributed by atoms with van der Waals surface area (Å²) < 4.78 is 43.1. The van der Waals surface area contributed by atoms with Crippen molar-refractivity contribution in [2.45, 2.75) is 13.2 Å². The van der Waals surface area contributed by atoms with Gasteiger partial charge < -0.3 is 15.4 Å². The Morgan fingerprint density at radius 2 is 2.10 bits per heavy atom. The summed E-state index contributed by atoms with van der Waals surface area (Å²) in [6.07, 6.45) is 0. The van der Waals surface area contributed by atoms with Crippen molar-refractivity contribution in [3.63, 3.8) is 0 Å². The number of nitrogens with two attached hydrogens (primary N) is 1. The van der Waals surface area contributed by atoms with E-state index >= 15 is 0 Å². The number of ether oxygens (including phenoxy) is 1. The third kappa shape index (κ3) is 4.04. The Morgan fingerprint density at radius 1 is 1.38 bits per heavy atom. The van der Waals surface area contributed by atoms with Crippen LogP contribution in [0.3, 0.4) is 0 Å². The van der Waals surface area contributed by atoms with Gasteiger partial charge in [-0.3, -0.25) is 0 Å². The van der Waals surface area contributed by atoms with Gasteiger partial charge >= 0.3 is 6.61 Å². The predicted molar refractivity (Wildman–Crippen MR) is 81.6 cm³/mol. The van der Waals surface area contributed by atoms with Crippen molar-refractivity contribution in [1.29, 1.82) is 0 Å². The lowest BCUT2D eigenvalue weighted by molar-refractivity contribution is -0.0521. The van der Waals surface area contributed by atoms with Gasteiger partial charge in [-0.1, -0.05) is 0 Å². The lowest BCUT2D eigenvalue weighted by Gasteiger charge is -2.21. The first kappa shape index (κ1) is 16.0. The highest BCUT2D eigenvalue weighted by atomic mass is 79.9. The molecular formula is C13H12BrF3N2OS. The molecule has 1 aromatic heterocycles. The smallest absolute Gasteiger partial charge is 0.387 e. The Kier molecular flexibility index (Phi) is 5.00. The van der Waals surface area contributed by atoms with Gasteiger partial charge in [0.15, 0.2) is 11.6 Å². The molecule has 114 valence electrons. The molecule has 8 heteroatoms. The maximum absolute atomic E-state index is 13.5. The maximum Gasteiger partial charge on any atom is 0.387 e. The molecule has 1 aromatic carbocycles. The van der Waals surface area contributed by atoms with Crippen molar-refractivity contribution in [3.8, 4) is 5.75 Å². The minimum atomic E-state index is -3.09. The van der Waals surface area contributed by atoms with Gasteiger partial charge in [0.25, 0.3) is 0 Å². The molecule has 0 atom stereocenters. The van der Waals surface area contributed by atoms with Gasteiger partial charge in [0, 0.05) is 25.7 Å². The molecule has 0 aliphatic carbocycles. The van der Waals surface area contributed by atoms with Crippen LogP contribution in [0.1, 0.15) is 5.56 Å². The molecule has 2 rings (SSSR count). The Hall–Kier alpha value is -1.41. The number of hydrogen-bond donors (Lipinski definition) is 1. The van der Waals surface area contributed by atoms with Gasteiger partial charge in [0.05, 0.1) is 15.2 Å². The molecule has 0 aliphatic heterocycles. The van der Waals surface area contributed by atoms with Gasteiger partial charge in [-0.2, -0.15) is 8.78 Å². The molecule has 0 fully saturated rings. The Balaban J connectivity index is 2.25. The first-order chi connectivity index (χ1) is 9.86. The number of benzene rings is 1. The van der Waals surface area contributed by atoms with E-state index < -0.39 is 18.2 Å². The number of alkyl halides is 2. The second-order valence-electron chi connectivity index (χ2n) is 4.34. The maximum atomic E-state index is 13.5. The number of halogens is 4. The van der Waals surface area contributed by atoms with Crippen LogP contribution in [0.15, 0.2) is 27.4 Å². The average molecular weight is 381 g/mol. The van der Waals surface area contributed by atoms with Crippen LogP contribution in [0.5, 0.6) is 5.75 Å². The highest BCUT2D eigenvalue weighted by Crippen LogP contribution is 2.32. The van der Waals surface area contributed by atoms with E-state index in [1.165, 1.54) is 17.4 Å². The van der Waals surface area contributed by atoms with E-state index in [1.54, 1.807) is 11.9 Å². The van der Waals surface area contributed by atoms with E-state index in [0.29, 0.717) is 12.2 Å². The third-order valence-corrected chi connectivity index (χ3v) is 4.30. The number of thiophene rings is 1. The zero-order valence-corrected chi connectivity index (χ0v) is 13.3. The molecule has 0 saturated heterocycles. The second kappa shape index (κ2) is 6.57. The van der Waals surface area contributed by atoms with Crippen LogP contribution in [0.25, 0.3) is 0 Å². The van der Waals surface area contributed by atoms with Crippen LogP contribution in [-0.4, -0.2) is 13.7 Å². The van der Waals surface area contributed by atoms with Gasteiger partial charge in [0.1, 0.15) is 0 Å². The molecule has 21 heavy (non-hydrogen) atoms. The molecule has 0 amide bonds. The third-order valence-electron chi connectivity index (χ3n) is 2.75. The minimum Gasteiger partial charge on any atom is -0.432 e. The summed E-state index contributed by atoms with van der Waals surface area (Å²) in [5, 5.41) is 1.96. The molecule has 0 unspecified atom stereocenters. The van der Waals surface area contributed by atoms with Gasteiger partial charge in [-0.25, -0.2) is 4.39 Å². The Labute approximate surface area is 132 Å². The molecule has 0 saturated carbocycles. The van der Waals surface area contributed by atoms with Gasteiger partial charge in [-0.05, 0) is 32.9 Å². The van der Waals surface area contributed by atoms with E-state index in [0.717, 1.165) is 15.4 Å². The molecule has 0 spiro atoms. The standard InChI is InChI=1S/C13H12BrF3N2OS/c1-19(5-7-2-12(14)21-6-7)10-4-11(20-13(16)17)8(15)3-9(10)18/h2-4,6,13H,5,18H2,1H3. The van der Waals surface area contributed by atoms with E-state index in [9.17, 15) is 13.2 Å². The van der Waals surface area contributed by atoms with Gasteiger partial charge in [-0.15, -0.1) is 11.3 Å². The molecule has 2 aromatic rings. The monoisotopic (exact) mass is 380 g/mol. The zero-order chi connectivity index (χ0) is 15.6. The van der Waals surface area contributed by atoms with Crippen LogP contribution >= 0.6 is 27.3 Å². The van der Waals surface area contributed by atoms with Crippen molar-refractivity contribution in [1.82, 2.24) is 0 Å². The van der Waals surface area contributed by atoms with Crippen molar-refractivity contribution in [2.75, 3.05) is 17.7 Å². The summed E-state index contributed by atoms with van der Waals surface area (Å²) in [6.45, 7) is -2.58. The summed E-state index contributed by atoms with van der Waals surface area (Å²) in [5.41, 5.74) is 7.36. The Bertz CT molecular complexity index is 636. The van der Waals surface area contributed by atoms with Crippen molar-refractivity contribution in [2.24, 2.45) is 0 Å². The average Bonchev–Trinajstić information content (AvgIpc) is 2.77. The summed E-state index contributed by atoms with van der Waals surface area (Å²) in [5.74, 6) is -1.43. The van der Waals surface area contributed by atoms with E-state index in [4.69, 9.17) is 5.73 Å².